The Hall–Kier alpha value is -3.22. The lowest BCUT2D eigenvalue weighted by atomic mass is 10.2. The van der Waals surface area contributed by atoms with E-state index in [0.717, 1.165) is 0 Å². The van der Waals surface area contributed by atoms with Gasteiger partial charge in [0.1, 0.15) is 5.75 Å². The van der Waals surface area contributed by atoms with Crippen LogP contribution in [0.1, 0.15) is 17.3 Å². The summed E-state index contributed by atoms with van der Waals surface area (Å²) in [5.74, 6) is -0.678. The van der Waals surface area contributed by atoms with E-state index < -0.39 is 10.9 Å². The summed E-state index contributed by atoms with van der Waals surface area (Å²) in [6.07, 6.45) is 0. The van der Waals surface area contributed by atoms with E-state index in [0.29, 0.717) is 5.69 Å². The summed E-state index contributed by atoms with van der Waals surface area (Å²) in [6, 6.07) is 11.4. The van der Waals surface area contributed by atoms with E-state index in [2.05, 4.69) is 5.32 Å². The number of ether oxygens (including phenoxy) is 1. The number of anilines is 1. The van der Waals surface area contributed by atoms with Gasteiger partial charge in [-0.2, -0.15) is 0 Å². The lowest BCUT2D eigenvalue weighted by Gasteiger charge is -2.06. The number of nitro benzene ring substituents is 1. The molecule has 1 amide bonds. The first-order chi connectivity index (χ1) is 10.5. The number of nitro groups is 1. The van der Waals surface area contributed by atoms with Crippen molar-refractivity contribution in [1.29, 1.82) is 0 Å². The Kier molecular flexibility index (Phi) is 4.47. The van der Waals surface area contributed by atoms with Gasteiger partial charge in [-0.25, -0.2) is 4.79 Å². The third-order valence-corrected chi connectivity index (χ3v) is 2.68. The van der Waals surface area contributed by atoms with Gasteiger partial charge < -0.3 is 10.1 Å². The van der Waals surface area contributed by atoms with E-state index in [9.17, 15) is 19.7 Å². The first-order valence-corrected chi connectivity index (χ1v) is 6.30. The maximum absolute atomic E-state index is 12.0. The van der Waals surface area contributed by atoms with Crippen LogP contribution in [0.4, 0.5) is 11.4 Å². The maximum atomic E-state index is 12.0. The van der Waals surface area contributed by atoms with Gasteiger partial charge >= 0.3 is 5.97 Å². The van der Waals surface area contributed by atoms with Crippen molar-refractivity contribution < 1.29 is 19.2 Å². The largest absolute Gasteiger partial charge is 0.423 e. The van der Waals surface area contributed by atoms with E-state index >= 15 is 0 Å². The number of nitrogens with zero attached hydrogens (tertiary/aromatic N) is 1. The number of hydrogen-bond donors (Lipinski definition) is 1. The molecule has 1 N–H and O–H groups in total. The molecule has 0 radical (unpaired) electrons. The number of non-ortho nitro benzene ring substituents is 1. The van der Waals surface area contributed by atoms with Gasteiger partial charge in [-0.1, -0.05) is 6.07 Å². The molecule has 0 fully saturated rings. The second-order valence-corrected chi connectivity index (χ2v) is 4.40. The van der Waals surface area contributed by atoms with Crippen LogP contribution in [-0.4, -0.2) is 16.8 Å². The van der Waals surface area contributed by atoms with Gasteiger partial charge in [0.15, 0.2) is 0 Å². The Labute approximate surface area is 125 Å². The average Bonchev–Trinajstić information content (AvgIpc) is 2.47. The average molecular weight is 300 g/mol. The highest BCUT2D eigenvalue weighted by atomic mass is 16.6. The van der Waals surface area contributed by atoms with E-state index in [4.69, 9.17) is 4.74 Å². The molecule has 0 aliphatic heterocycles. The Bertz CT molecular complexity index is 725. The third kappa shape index (κ3) is 3.89. The number of benzene rings is 2. The third-order valence-electron chi connectivity index (χ3n) is 2.68. The Morgan fingerprint density at radius 3 is 2.41 bits per heavy atom. The number of amides is 1. The van der Waals surface area contributed by atoms with Crippen LogP contribution < -0.4 is 10.1 Å². The molecule has 22 heavy (non-hydrogen) atoms. The van der Waals surface area contributed by atoms with Gasteiger partial charge in [0.25, 0.3) is 5.69 Å². The molecule has 0 aromatic heterocycles. The zero-order valence-corrected chi connectivity index (χ0v) is 11.6. The van der Waals surface area contributed by atoms with Crippen LogP contribution in [0.2, 0.25) is 0 Å². The summed E-state index contributed by atoms with van der Waals surface area (Å²) in [5, 5.41) is 13.1. The molecule has 0 bridgehead atoms. The van der Waals surface area contributed by atoms with Crippen molar-refractivity contribution in [3.63, 3.8) is 0 Å². The van der Waals surface area contributed by atoms with E-state index in [1.54, 1.807) is 18.2 Å². The first-order valence-electron chi connectivity index (χ1n) is 6.30. The highest BCUT2D eigenvalue weighted by molar-refractivity contribution is 5.94. The molecule has 0 atom stereocenters. The summed E-state index contributed by atoms with van der Waals surface area (Å²) in [6.45, 7) is 1.36. The Morgan fingerprint density at radius 2 is 1.82 bits per heavy atom. The monoisotopic (exact) mass is 300 g/mol. The van der Waals surface area contributed by atoms with Gasteiger partial charge in [0.05, 0.1) is 10.5 Å². The molecular formula is C15H12N2O5. The molecule has 0 aliphatic rings. The van der Waals surface area contributed by atoms with E-state index in [-0.39, 0.29) is 22.9 Å². The van der Waals surface area contributed by atoms with Crippen molar-refractivity contribution in [3.05, 3.63) is 64.2 Å². The molecule has 0 saturated heterocycles. The van der Waals surface area contributed by atoms with Crippen molar-refractivity contribution in [2.45, 2.75) is 6.92 Å². The van der Waals surface area contributed by atoms with Crippen molar-refractivity contribution in [1.82, 2.24) is 0 Å². The topological polar surface area (TPSA) is 98.5 Å². The van der Waals surface area contributed by atoms with Crippen LogP contribution in [0.5, 0.6) is 5.75 Å². The number of esters is 1. The molecule has 112 valence electrons. The summed E-state index contributed by atoms with van der Waals surface area (Å²) < 4.78 is 5.12. The zero-order valence-electron chi connectivity index (χ0n) is 11.6. The van der Waals surface area contributed by atoms with Crippen molar-refractivity contribution in [2.24, 2.45) is 0 Å². The molecule has 0 spiro atoms. The molecule has 2 aromatic carbocycles. The molecule has 2 rings (SSSR count). The van der Waals surface area contributed by atoms with Crippen LogP contribution in [0.15, 0.2) is 48.5 Å². The highest BCUT2D eigenvalue weighted by Crippen LogP contribution is 2.19. The maximum Gasteiger partial charge on any atom is 0.343 e. The quantitative estimate of drug-likeness (QED) is 0.405. The Balaban J connectivity index is 2.11. The normalized spacial score (nSPS) is 9.86. The predicted octanol–water partition coefficient (Wildman–Crippen LogP) is 2.77. The molecular weight excluding hydrogens is 288 g/mol. The minimum absolute atomic E-state index is 0.0903. The van der Waals surface area contributed by atoms with E-state index in [1.165, 1.54) is 37.3 Å². The molecule has 0 aliphatic carbocycles. The lowest BCUT2D eigenvalue weighted by Crippen LogP contribution is -2.10. The number of rotatable bonds is 4. The second-order valence-electron chi connectivity index (χ2n) is 4.40. The van der Waals surface area contributed by atoms with E-state index in [1.807, 2.05) is 0 Å². The van der Waals surface area contributed by atoms with Gasteiger partial charge in [0, 0.05) is 24.7 Å². The van der Waals surface area contributed by atoms with Crippen LogP contribution in [0, 0.1) is 10.1 Å². The van der Waals surface area contributed by atoms with Crippen LogP contribution in [-0.2, 0) is 4.79 Å². The van der Waals surface area contributed by atoms with Gasteiger partial charge in [-0.3, -0.25) is 14.9 Å². The molecule has 7 heteroatoms. The summed E-state index contributed by atoms with van der Waals surface area (Å²) in [7, 11) is 0. The molecule has 7 nitrogen and oxygen atoms in total. The zero-order chi connectivity index (χ0) is 16.1. The summed E-state index contributed by atoms with van der Waals surface area (Å²) >= 11 is 0. The fourth-order valence-corrected chi connectivity index (χ4v) is 1.73. The standard InChI is InChI=1S/C15H12N2O5/c1-10(18)16-12-4-2-3-11(9-12)15(19)22-14-7-5-13(6-8-14)17(20)21/h2-9H,1H3,(H,16,18). The second kappa shape index (κ2) is 6.49. The SMILES string of the molecule is CC(=O)Nc1cccc(C(=O)Oc2ccc([N+](=O)[O-])cc2)c1. The van der Waals surface area contributed by atoms with Crippen molar-refractivity contribution >= 4 is 23.3 Å². The number of carbonyl (C=O) groups excluding carboxylic acids is 2. The fraction of sp³-hybridized carbons (Fsp3) is 0.0667. The minimum Gasteiger partial charge on any atom is -0.423 e. The number of hydrogen-bond acceptors (Lipinski definition) is 5. The smallest absolute Gasteiger partial charge is 0.343 e. The summed E-state index contributed by atoms with van der Waals surface area (Å²) in [5.41, 5.74) is 0.641. The first kappa shape index (κ1) is 15.2. The van der Waals surface area contributed by atoms with Crippen LogP contribution in [0.3, 0.4) is 0 Å². The summed E-state index contributed by atoms with van der Waals surface area (Å²) in [4.78, 5) is 33.0. The fourth-order valence-electron chi connectivity index (χ4n) is 1.73. The van der Waals surface area contributed by atoms with Crippen molar-refractivity contribution in [3.8, 4) is 5.75 Å². The van der Waals surface area contributed by atoms with Crippen LogP contribution >= 0.6 is 0 Å². The highest BCUT2D eigenvalue weighted by Gasteiger charge is 2.11. The lowest BCUT2D eigenvalue weighted by molar-refractivity contribution is -0.384. The van der Waals surface area contributed by atoms with Gasteiger partial charge in [0.2, 0.25) is 5.91 Å². The number of nitrogens with one attached hydrogen (secondary N) is 1. The molecule has 0 saturated carbocycles. The number of carbonyl (C=O) groups is 2. The molecule has 0 heterocycles. The van der Waals surface area contributed by atoms with Crippen LogP contribution in [0.25, 0.3) is 0 Å². The minimum atomic E-state index is -0.624. The van der Waals surface area contributed by atoms with Gasteiger partial charge in [-0.15, -0.1) is 0 Å². The Morgan fingerprint density at radius 1 is 1.14 bits per heavy atom. The van der Waals surface area contributed by atoms with Gasteiger partial charge in [-0.05, 0) is 30.3 Å². The predicted molar refractivity (Wildman–Crippen MR) is 78.8 cm³/mol. The van der Waals surface area contributed by atoms with Crippen molar-refractivity contribution in [2.75, 3.05) is 5.32 Å². The molecule has 2 aromatic rings. The molecule has 0 unspecified atom stereocenters.